The van der Waals surface area contributed by atoms with Gasteiger partial charge >= 0.3 is 0 Å². The summed E-state index contributed by atoms with van der Waals surface area (Å²) in [4.78, 5) is 19.7. The van der Waals surface area contributed by atoms with Gasteiger partial charge in [-0.15, -0.1) is 0 Å². The predicted octanol–water partition coefficient (Wildman–Crippen LogP) is 11.5. The zero-order valence-corrected chi connectivity index (χ0v) is 34.5. The van der Waals surface area contributed by atoms with Gasteiger partial charge in [0.05, 0.1) is 91.7 Å². The van der Waals surface area contributed by atoms with Crippen LogP contribution in [0, 0.1) is 56.7 Å². The van der Waals surface area contributed by atoms with E-state index in [0.717, 1.165) is 43.7 Å². The van der Waals surface area contributed by atoms with Crippen molar-refractivity contribution < 1.29 is 0 Å². The molecule has 11 aromatic rings. The minimum atomic E-state index is 0.292. The highest BCUT2D eigenvalue weighted by Crippen LogP contribution is 2.44. The summed E-state index contributed by atoms with van der Waals surface area (Å²) in [7, 11) is 0. The van der Waals surface area contributed by atoms with Crippen LogP contribution in [0.1, 0.15) is 27.8 Å². The van der Waals surface area contributed by atoms with E-state index in [0.29, 0.717) is 84.4 Å². The molecule has 11 rings (SSSR count). The summed E-state index contributed by atoms with van der Waals surface area (Å²) in [6.07, 6.45) is 3.46. The molecule has 0 saturated heterocycles. The van der Waals surface area contributed by atoms with Gasteiger partial charge in [-0.05, 0) is 91.0 Å². The molecule has 11 heteroatoms. The SMILES string of the molecule is N#Cc1ccc2c(c1)c1cc(C#N)ccc1n2-c1cnccc1-c1cc(-c2nc(-c3ccccc3)nc(-c3ccccc3)n2)cc(C#N)c1-n1c2ccc(C#N)cc2c2cc(C#N)ccc21. The van der Waals surface area contributed by atoms with Crippen molar-refractivity contribution in [3.8, 4) is 87.0 Å². The average molecular weight is 842 g/mol. The third kappa shape index (κ3) is 6.25. The Hall–Kier alpha value is -10.3. The molecule has 11 nitrogen and oxygen atoms in total. The minimum absolute atomic E-state index is 0.292. The minimum Gasteiger partial charge on any atom is -0.307 e. The van der Waals surface area contributed by atoms with Crippen molar-refractivity contribution in [3.05, 3.63) is 192 Å². The second-order valence-corrected chi connectivity index (χ2v) is 15.5. The molecular weight excluding hydrogens is 815 g/mol. The van der Waals surface area contributed by atoms with E-state index in [-0.39, 0.29) is 0 Å². The smallest absolute Gasteiger partial charge is 0.164 e. The molecular formula is C55H27N11. The Morgan fingerprint density at radius 3 is 1.23 bits per heavy atom. The average Bonchev–Trinajstić information content (AvgIpc) is 3.89. The summed E-state index contributed by atoms with van der Waals surface area (Å²) in [6.45, 7) is 0. The third-order valence-corrected chi connectivity index (χ3v) is 11.8. The van der Waals surface area contributed by atoms with Crippen molar-refractivity contribution in [1.29, 1.82) is 26.3 Å². The summed E-state index contributed by atoms with van der Waals surface area (Å²) < 4.78 is 4.07. The topological polar surface area (TPSA) is 180 Å². The normalized spacial score (nSPS) is 11.0. The first-order valence-corrected chi connectivity index (χ1v) is 20.7. The van der Waals surface area contributed by atoms with Crippen LogP contribution in [-0.4, -0.2) is 29.1 Å². The number of nitriles is 5. The summed E-state index contributed by atoms with van der Waals surface area (Å²) in [5.41, 5.74) is 9.69. The van der Waals surface area contributed by atoms with E-state index in [4.69, 9.17) is 15.0 Å². The summed E-state index contributed by atoms with van der Waals surface area (Å²) in [6, 6.07) is 58.3. The van der Waals surface area contributed by atoms with Gasteiger partial charge in [-0.2, -0.15) is 26.3 Å². The molecule has 0 bridgehead atoms. The van der Waals surface area contributed by atoms with Crippen molar-refractivity contribution in [3.63, 3.8) is 0 Å². The fourth-order valence-electron chi connectivity index (χ4n) is 8.85. The molecule has 4 heterocycles. The number of hydrogen-bond acceptors (Lipinski definition) is 9. The maximum Gasteiger partial charge on any atom is 0.164 e. The van der Waals surface area contributed by atoms with E-state index in [2.05, 4.69) is 39.9 Å². The molecule has 7 aromatic carbocycles. The Kier molecular flexibility index (Phi) is 9.13. The zero-order valence-electron chi connectivity index (χ0n) is 34.5. The lowest BCUT2D eigenvalue weighted by molar-refractivity contribution is 1.07. The van der Waals surface area contributed by atoms with Crippen LogP contribution >= 0.6 is 0 Å². The Labute approximate surface area is 376 Å². The van der Waals surface area contributed by atoms with Gasteiger partial charge in [-0.25, -0.2) is 15.0 Å². The van der Waals surface area contributed by atoms with Crippen LogP contribution < -0.4 is 0 Å². The number of hydrogen-bond donors (Lipinski definition) is 0. The Morgan fingerprint density at radius 2 is 0.803 bits per heavy atom. The van der Waals surface area contributed by atoms with E-state index in [1.54, 1.807) is 54.9 Å². The monoisotopic (exact) mass is 841 g/mol. The van der Waals surface area contributed by atoms with Crippen LogP contribution in [0.25, 0.3) is 100 Å². The molecule has 4 aromatic heterocycles. The molecule has 0 spiro atoms. The van der Waals surface area contributed by atoms with E-state index >= 15 is 0 Å². The molecule has 0 radical (unpaired) electrons. The van der Waals surface area contributed by atoms with E-state index in [9.17, 15) is 26.3 Å². The van der Waals surface area contributed by atoms with Gasteiger partial charge in [0.25, 0.3) is 0 Å². The van der Waals surface area contributed by atoms with Gasteiger partial charge in [0.15, 0.2) is 17.5 Å². The second-order valence-electron chi connectivity index (χ2n) is 15.5. The number of rotatable bonds is 6. The lowest BCUT2D eigenvalue weighted by Gasteiger charge is -2.20. The highest BCUT2D eigenvalue weighted by atomic mass is 15.0. The lowest BCUT2D eigenvalue weighted by atomic mass is 9.95. The Bertz CT molecular complexity index is 3850. The number of nitrogens with zero attached hydrogens (tertiary/aromatic N) is 11. The quantitative estimate of drug-likeness (QED) is 0.157. The van der Waals surface area contributed by atoms with Gasteiger partial charge in [-0.1, -0.05) is 60.7 Å². The zero-order chi connectivity index (χ0) is 44.9. The van der Waals surface area contributed by atoms with Crippen molar-refractivity contribution in [1.82, 2.24) is 29.1 Å². The molecule has 0 N–H and O–H groups in total. The second kappa shape index (κ2) is 15.6. The molecule has 0 amide bonds. The first kappa shape index (κ1) is 38.7. The largest absolute Gasteiger partial charge is 0.307 e. The molecule has 0 saturated carbocycles. The van der Waals surface area contributed by atoms with Crippen molar-refractivity contribution in [2.75, 3.05) is 0 Å². The fraction of sp³-hybridized carbons (Fsp3) is 0. The summed E-state index contributed by atoms with van der Waals surface area (Å²) in [5, 5.41) is 54.4. The maximum atomic E-state index is 11.4. The van der Waals surface area contributed by atoms with Crippen LogP contribution in [0.4, 0.5) is 0 Å². The molecule has 0 aliphatic carbocycles. The van der Waals surface area contributed by atoms with E-state index in [1.807, 2.05) is 114 Å². The highest BCUT2D eigenvalue weighted by Gasteiger charge is 2.26. The van der Waals surface area contributed by atoms with Gasteiger partial charge in [0.1, 0.15) is 6.07 Å². The number of fused-ring (bicyclic) bond motifs is 6. The molecule has 66 heavy (non-hydrogen) atoms. The van der Waals surface area contributed by atoms with Crippen LogP contribution in [0.15, 0.2) is 164 Å². The van der Waals surface area contributed by atoms with Crippen molar-refractivity contribution >= 4 is 43.6 Å². The molecule has 0 unspecified atom stereocenters. The molecule has 0 fully saturated rings. The van der Waals surface area contributed by atoms with Gasteiger partial charge in [0.2, 0.25) is 0 Å². The number of aromatic nitrogens is 6. The van der Waals surface area contributed by atoms with Gasteiger partial charge < -0.3 is 9.13 Å². The third-order valence-electron chi connectivity index (χ3n) is 11.8. The number of benzene rings is 7. The fourth-order valence-corrected chi connectivity index (χ4v) is 8.85. The van der Waals surface area contributed by atoms with Crippen LogP contribution in [0.3, 0.4) is 0 Å². The van der Waals surface area contributed by atoms with Gasteiger partial charge in [-0.3, -0.25) is 4.98 Å². The van der Waals surface area contributed by atoms with E-state index < -0.39 is 0 Å². The Balaban J connectivity index is 1.28. The lowest BCUT2D eigenvalue weighted by Crippen LogP contribution is -2.06. The van der Waals surface area contributed by atoms with Crippen LogP contribution in [0.5, 0.6) is 0 Å². The molecule has 302 valence electrons. The first-order chi connectivity index (χ1) is 32.5. The van der Waals surface area contributed by atoms with E-state index in [1.165, 1.54) is 0 Å². The van der Waals surface area contributed by atoms with Crippen molar-refractivity contribution in [2.45, 2.75) is 0 Å². The maximum absolute atomic E-state index is 11.4. The number of pyridine rings is 1. The van der Waals surface area contributed by atoms with Crippen molar-refractivity contribution in [2.24, 2.45) is 0 Å². The highest BCUT2D eigenvalue weighted by molar-refractivity contribution is 6.12. The predicted molar refractivity (Wildman–Crippen MR) is 252 cm³/mol. The standard InChI is InChI=1S/C55H27N11/c56-27-33-11-15-47-42(21-33)43-22-34(28-57)12-16-48(43)65(47)51-32-61-20-19-41(51)46-26-39(55-63-53(37-7-3-1-4-8-37)62-54(64-55)38-9-5-2-6-10-38)25-40(31-60)52(46)66-49-17-13-35(29-58)23-44(49)45-24-36(30-59)14-18-50(45)66/h1-26,32H. The molecule has 0 atom stereocenters. The van der Waals surface area contributed by atoms with Crippen LogP contribution in [0.2, 0.25) is 0 Å². The van der Waals surface area contributed by atoms with Gasteiger partial charge in [0, 0.05) is 55.6 Å². The molecule has 0 aliphatic rings. The summed E-state index contributed by atoms with van der Waals surface area (Å²) >= 11 is 0. The summed E-state index contributed by atoms with van der Waals surface area (Å²) in [5.74, 6) is 1.25. The van der Waals surface area contributed by atoms with Crippen LogP contribution in [-0.2, 0) is 0 Å². The Morgan fingerprint density at radius 1 is 0.379 bits per heavy atom. The first-order valence-electron chi connectivity index (χ1n) is 20.7. The molecule has 0 aliphatic heterocycles.